The van der Waals surface area contributed by atoms with E-state index in [1.54, 1.807) is 0 Å². The highest BCUT2D eigenvalue weighted by molar-refractivity contribution is 7.09. The lowest BCUT2D eigenvalue weighted by Crippen LogP contribution is -2.31. The largest absolute Gasteiger partial charge is 0.378 e. The monoisotopic (exact) mass is 330 g/mol. The lowest BCUT2D eigenvalue weighted by atomic mass is 10.0. The number of carbonyl (C=O) groups excluding carboxylic acids is 1. The van der Waals surface area contributed by atoms with Crippen LogP contribution in [0.5, 0.6) is 0 Å². The van der Waals surface area contributed by atoms with Gasteiger partial charge in [-0.3, -0.25) is 4.79 Å². The van der Waals surface area contributed by atoms with Crippen LogP contribution in [0.4, 0.5) is 5.69 Å². The number of amides is 1. The SMILES string of the molecule is CN(C)c1cccc(C2CCCN2C(=O)c2csc(CN)n2)c1. The minimum atomic E-state index is 0.0127. The van der Waals surface area contributed by atoms with Crippen molar-refractivity contribution in [1.29, 1.82) is 0 Å². The molecule has 2 aromatic rings. The summed E-state index contributed by atoms with van der Waals surface area (Å²) in [6.07, 6.45) is 2.02. The number of thiazole rings is 1. The lowest BCUT2D eigenvalue weighted by molar-refractivity contribution is 0.0730. The molecule has 0 bridgehead atoms. The fourth-order valence-corrected chi connectivity index (χ4v) is 3.67. The van der Waals surface area contributed by atoms with Gasteiger partial charge in [-0.25, -0.2) is 4.98 Å². The third kappa shape index (κ3) is 3.23. The second-order valence-corrected chi connectivity index (χ2v) is 6.92. The average Bonchev–Trinajstić information content (AvgIpc) is 3.23. The summed E-state index contributed by atoms with van der Waals surface area (Å²) in [6.45, 7) is 1.16. The molecule has 1 unspecified atom stereocenters. The standard InChI is InChI=1S/C17H22N4OS/c1-20(2)13-6-3-5-12(9-13)15-7-4-8-21(15)17(22)14-11-23-16(10-18)19-14/h3,5-6,9,11,15H,4,7-8,10,18H2,1-2H3. The summed E-state index contributed by atoms with van der Waals surface area (Å²) in [5.74, 6) is 0.0127. The first kappa shape index (κ1) is 16.0. The molecule has 0 spiro atoms. The van der Waals surface area contributed by atoms with Gasteiger partial charge in [-0.05, 0) is 30.5 Å². The molecule has 1 amide bonds. The third-order valence-corrected chi connectivity index (χ3v) is 5.10. The van der Waals surface area contributed by atoms with E-state index in [2.05, 4.69) is 34.1 Å². The smallest absolute Gasteiger partial charge is 0.273 e. The van der Waals surface area contributed by atoms with E-state index in [9.17, 15) is 4.79 Å². The van der Waals surface area contributed by atoms with Crippen molar-refractivity contribution in [2.24, 2.45) is 5.73 Å². The number of nitrogens with zero attached hydrogens (tertiary/aromatic N) is 3. The van der Waals surface area contributed by atoms with Gasteiger partial charge in [-0.2, -0.15) is 0 Å². The number of hydrogen-bond donors (Lipinski definition) is 1. The van der Waals surface area contributed by atoms with E-state index in [-0.39, 0.29) is 11.9 Å². The Bertz CT molecular complexity index is 697. The minimum absolute atomic E-state index is 0.0127. The van der Waals surface area contributed by atoms with Crippen LogP contribution in [0.15, 0.2) is 29.6 Å². The van der Waals surface area contributed by atoms with Crippen molar-refractivity contribution in [3.05, 3.63) is 45.9 Å². The summed E-state index contributed by atoms with van der Waals surface area (Å²) in [4.78, 5) is 21.2. The van der Waals surface area contributed by atoms with E-state index in [0.717, 1.165) is 30.1 Å². The second-order valence-electron chi connectivity index (χ2n) is 5.98. The number of rotatable bonds is 4. The van der Waals surface area contributed by atoms with Crippen molar-refractivity contribution >= 4 is 22.9 Å². The van der Waals surface area contributed by atoms with Crippen LogP contribution in [0.2, 0.25) is 0 Å². The van der Waals surface area contributed by atoms with E-state index < -0.39 is 0 Å². The van der Waals surface area contributed by atoms with Crippen LogP contribution in [0.1, 0.15) is 39.9 Å². The summed E-state index contributed by atoms with van der Waals surface area (Å²) in [7, 11) is 4.06. The van der Waals surface area contributed by atoms with Crippen LogP contribution in [-0.2, 0) is 6.54 Å². The van der Waals surface area contributed by atoms with E-state index in [4.69, 9.17) is 5.73 Å². The first-order valence-corrected chi connectivity index (χ1v) is 8.71. The maximum Gasteiger partial charge on any atom is 0.273 e. The van der Waals surface area contributed by atoms with E-state index >= 15 is 0 Å². The lowest BCUT2D eigenvalue weighted by Gasteiger charge is -2.25. The Morgan fingerprint density at radius 2 is 2.30 bits per heavy atom. The Morgan fingerprint density at radius 1 is 1.48 bits per heavy atom. The molecule has 1 aromatic heterocycles. The molecule has 122 valence electrons. The van der Waals surface area contributed by atoms with Crippen LogP contribution in [0, 0.1) is 0 Å². The molecule has 5 nitrogen and oxygen atoms in total. The zero-order valence-corrected chi connectivity index (χ0v) is 14.3. The van der Waals surface area contributed by atoms with Gasteiger partial charge in [-0.1, -0.05) is 12.1 Å². The number of carbonyl (C=O) groups is 1. The molecule has 1 aliphatic rings. The fourth-order valence-electron chi connectivity index (χ4n) is 3.02. The molecule has 6 heteroatoms. The Labute approximate surface area is 140 Å². The molecule has 2 heterocycles. The van der Waals surface area contributed by atoms with Crippen LogP contribution >= 0.6 is 11.3 Å². The van der Waals surface area contributed by atoms with Crippen molar-refractivity contribution in [1.82, 2.24) is 9.88 Å². The zero-order chi connectivity index (χ0) is 16.4. The van der Waals surface area contributed by atoms with Crippen LogP contribution in [0.3, 0.4) is 0 Å². The summed E-state index contributed by atoms with van der Waals surface area (Å²) in [5.41, 5.74) is 8.46. The first-order chi connectivity index (χ1) is 11.1. The highest BCUT2D eigenvalue weighted by Gasteiger charge is 2.31. The van der Waals surface area contributed by atoms with Crippen molar-refractivity contribution in [3.63, 3.8) is 0 Å². The number of hydrogen-bond acceptors (Lipinski definition) is 5. The fraction of sp³-hybridized carbons (Fsp3) is 0.412. The Morgan fingerprint density at radius 3 is 3.00 bits per heavy atom. The van der Waals surface area contributed by atoms with Crippen molar-refractivity contribution in [2.45, 2.75) is 25.4 Å². The van der Waals surface area contributed by atoms with Gasteiger partial charge < -0.3 is 15.5 Å². The van der Waals surface area contributed by atoms with Crippen molar-refractivity contribution in [3.8, 4) is 0 Å². The van der Waals surface area contributed by atoms with Crippen LogP contribution in [0.25, 0.3) is 0 Å². The van der Waals surface area contributed by atoms with Gasteiger partial charge in [0.1, 0.15) is 10.7 Å². The van der Waals surface area contributed by atoms with Gasteiger partial charge in [0, 0.05) is 38.3 Å². The predicted octanol–water partition coefficient (Wildman–Crippen LogP) is 2.65. The van der Waals surface area contributed by atoms with E-state index in [1.165, 1.54) is 16.9 Å². The van der Waals surface area contributed by atoms with Gasteiger partial charge in [0.25, 0.3) is 5.91 Å². The Kier molecular flexibility index (Phi) is 4.63. The summed E-state index contributed by atoms with van der Waals surface area (Å²) in [6, 6.07) is 8.54. The van der Waals surface area contributed by atoms with Gasteiger partial charge in [-0.15, -0.1) is 11.3 Å². The first-order valence-electron chi connectivity index (χ1n) is 7.83. The van der Waals surface area contributed by atoms with E-state index in [1.807, 2.05) is 24.4 Å². The van der Waals surface area contributed by atoms with Gasteiger partial charge in [0.2, 0.25) is 0 Å². The molecule has 0 radical (unpaired) electrons. The Balaban J connectivity index is 1.85. The number of likely N-dealkylation sites (tertiary alicyclic amines) is 1. The van der Waals surface area contributed by atoms with Crippen LogP contribution < -0.4 is 10.6 Å². The molecule has 1 saturated heterocycles. The molecule has 23 heavy (non-hydrogen) atoms. The topological polar surface area (TPSA) is 62.5 Å². The third-order valence-electron chi connectivity index (χ3n) is 4.23. The molecular weight excluding hydrogens is 308 g/mol. The Hall–Kier alpha value is -1.92. The molecule has 0 aliphatic carbocycles. The van der Waals surface area contributed by atoms with Crippen LogP contribution in [-0.4, -0.2) is 36.4 Å². The minimum Gasteiger partial charge on any atom is -0.378 e. The number of aromatic nitrogens is 1. The maximum absolute atomic E-state index is 12.8. The van der Waals surface area contributed by atoms with Gasteiger partial charge in [0.05, 0.1) is 6.04 Å². The molecular formula is C17H22N4OS. The van der Waals surface area contributed by atoms with E-state index in [0.29, 0.717) is 12.2 Å². The normalized spacial score (nSPS) is 17.5. The molecule has 1 atom stereocenters. The second kappa shape index (κ2) is 6.68. The average molecular weight is 330 g/mol. The molecule has 1 aliphatic heterocycles. The number of benzene rings is 1. The van der Waals surface area contributed by atoms with Gasteiger partial charge in [0.15, 0.2) is 0 Å². The number of anilines is 1. The summed E-state index contributed by atoms with van der Waals surface area (Å²) >= 11 is 1.45. The molecule has 0 saturated carbocycles. The molecule has 3 rings (SSSR count). The zero-order valence-electron chi connectivity index (χ0n) is 13.5. The highest BCUT2D eigenvalue weighted by atomic mass is 32.1. The predicted molar refractivity (Wildman–Crippen MR) is 93.8 cm³/mol. The van der Waals surface area contributed by atoms with Crippen molar-refractivity contribution < 1.29 is 4.79 Å². The quantitative estimate of drug-likeness (QED) is 0.936. The van der Waals surface area contributed by atoms with Gasteiger partial charge >= 0.3 is 0 Å². The highest BCUT2D eigenvalue weighted by Crippen LogP contribution is 2.34. The van der Waals surface area contributed by atoms with Crippen molar-refractivity contribution in [2.75, 3.05) is 25.5 Å². The molecule has 1 aromatic carbocycles. The summed E-state index contributed by atoms with van der Waals surface area (Å²) < 4.78 is 0. The molecule has 2 N–H and O–H groups in total. The number of nitrogens with two attached hydrogens (primary N) is 1. The maximum atomic E-state index is 12.8. The summed E-state index contributed by atoms with van der Waals surface area (Å²) in [5, 5.41) is 2.62. The molecule has 1 fully saturated rings.